The van der Waals surface area contributed by atoms with Gasteiger partial charge in [-0.2, -0.15) is 0 Å². The topological polar surface area (TPSA) is 105 Å². The highest BCUT2D eigenvalue weighted by molar-refractivity contribution is 5.69. The molecule has 14 unspecified atom stereocenters. The van der Waals surface area contributed by atoms with Crippen molar-refractivity contribution in [1.82, 2.24) is 0 Å². The number of carbonyl (C=O) groups excluding carboxylic acids is 1. The lowest BCUT2D eigenvalue weighted by molar-refractivity contribution is -0.313. The smallest absolute Gasteiger partial charge is 0.305 e. The molecule has 1 saturated heterocycles. The molecule has 7 heteroatoms. The lowest BCUT2D eigenvalue weighted by Crippen LogP contribution is -2.60. The molecular formula is C60H100O7. The van der Waals surface area contributed by atoms with E-state index in [1.54, 1.807) is 0 Å². The van der Waals surface area contributed by atoms with Gasteiger partial charge in [0.25, 0.3) is 0 Å². The van der Waals surface area contributed by atoms with Gasteiger partial charge in [0.2, 0.25) is 0 Å². The number of allylic oxidation sites excluding steroid dienone is 9. The summed E-state index contributed by atoms with van der Waals surface area (Å²) in [6, 6.07) is 0. The molecule has 4 aliphatic carbocycles. The van der Waals surface area contributed by atoms with Crippen LogP contribution in [-0.2, 0) is 19.0 Å². The second-order valence-electron chi connectivity index (χ2n) is 23.0. The van der Waals surface area contributed by atoms with E-state index in [4.69, 9.17) is 14.2 Å². The Labute approximate surface area is 410 Å². The fourth-order valence-corrected chi connectivity index (χ4v) is 13.4. The van der Waals surface area contributed by atoms with E-state index < -0.39 is 30.7 Å². The summed E-state index contributed by atoms with van der Waals surface area (Å²) in [5.74, 6) is 5.13. The van der Waals surface area contributed by atoms with Gasteiger partial charge in [0, 0.05) is 6.42 Å². The first-order valence-corrected chi connectivity index (χ1v) is 28.1. The van der Waals surface area contributed by atoms with Crippen LogP contribution in [0.4, 0.5) is 0 Å². The van der Waals surface area contributed by atoms with Gasteiger partial charge in [-0.1, -0.05) is 173 Å². The van der Waals surface area contributed by atoms with E-state index in [1.165, 1.54) is 95.5 Å². The number of aliphatic hydroxyl groups is 3. The number of carbonyl (C=O) groups is 1. The van der Waals surface area contributed by atoms with Crippen LogP contribution < -0.4 is 0 Å². The second-order valence-corrected chi connectivity index (χ2v) is 23.0. The normalized spacial score (nSPS) is 34.2. The monoisotopic (exact) mass is 933 g/mol. The maximum atomic E-state index is 12.7. The number of unbranched alkanes of at least 4 members (excludes halogenated alkanes) is 10. The van der Waals surface area contributed by atoms with Gasteiger partial charge in [0.05, 0.1) is 6.10 Å². The Morgan fingerprint density at radius 2 is 1.36 bits per heavy atom. The number of ether oxygens (including phenoxy) is 3. The summed E-state index contributed by atoms with van der Waals surface area (Å²) < 4.78 is 18.1. The molecule has 7 nitrogen and oxygen atoms in total. The van der Waals surface area contributed by atoms with Crippen LogP contribution in [0.3, 0.4) is 0 Å². The molecule has 5 aliphatic rings. The predicted molar refractivity (Wildman–Crippen MR) is 276 cm³/mol. The van der Waals surface area contributed by atoms with Crippen molar-refractivity contribution in [3.8, 4) is 0 Å². The van der Waals surface area contributed by atoms with Crippen molar-refractivity contribution in [1.29, 1.82) is 0 Å². The first-order chi connectivity index (χ1) is 32.3. The van der Waals surface area contributed by atoms with Crippen molar-refractivity contribution in [2.24, 2.45) is 52.3 Å². The minimum Gasteiger partial charge on any atom is -0.463 e. The van der Waals surface area contributed by atoms with Crippen LogP contribution in [0.2, 0.25) is 0 Å². The van der Waals surface area contributed by atoms with E-state index in [-0.39, 0.29) is 24.1 Å². The van der Waals surface area contributed by atoms with Gasteiger partial charge in [-0.25, -0.2) is 0 Å². The summed E-state index contributed by atoms with van der Waals surface area (Å²) in [6.45, 7) is 16.9. The molecule has 5 rings (SSSR count). The van der Waals surface area contributed by atoms with Crippen LogP contribution in [-0.4, -0.2) is 64.7 Å². The molecule has 0 amide bonds. The Bertz CT molecular complexity index is 1580. The average molecular weight is 933 g/mol. The third-order valence-corrected chi connectivity index (χ3v) is 18.2. The fraction of sp³-hybridized carbons (Fsp3) is 0.817. The molecular weight excluding hydrogens is 833 g/mol. The quantitative estimate of drug-likeness (QED) is 0.0390. The van der Waals surface area contributed by atoms with E-state index in [1.807, 2.05) is 0 Å². The first-order valence-electron chi connectivity index (χ1n) is 28.1. The summed E-state index contributed by atoms with van der Waals surface area (Å²) in [6.07, 6.45) is 43.6. The summed E-state index contributed by atoms with van der Waals surface area (Å²) >= 11 is 0. The molecule has 0 radical (unpaired) electrons. The molecule has 67 heavy (non-hydrogen) atoms. The maximum Gasteiger partial charge on any atom is 0.305 e. The summed E-state index contributed by atoms with van der Waals surface area (Å²) in [5, 5.41) is 32.6. The van der Waals surface area contributed by atoms with Crippen LogP contribution in [0.25, 0.3) is 0 Å². The number of hydrogen-bond donors (Lipinski definition) is 3. The van der Waals surface area contributed by atoms with Crippen molar-refractivity contribution >= 4 is 5.97 Å². The first kappa shape index (κ1) is 55.9. The number of esters is 1. The SMILES string of the molecule is CC/C=C\C/C=C\C/C=C\C/C=C\CCCCCCCCCCCCC(=O)OCC1OC(OC2CCC3(C)C(=CCC4C3CCC3(C)C(C(C)CCC(C)C(C)C)CCC43)C2)C(O)C(O)C1O. The average Bonchev–Trinajstić information content (AvgIpc) is 3.68. The van der Waals surface area contributed by atoms with Crippen molar-refractivity contribution in [3.63, 3.8) is 0 Å². The molecule has 0 aromatic heterocycles. The Kier molecular flexibility index (Phi) is 24.0. The van der Waals surface area contributed by atoms with Crippen molar-refractivity contribution in [2.45, 2.75) is 252 Å². The lowest BCUT2D eigenvalue weighted by Gasteiger charge is -2.58. The van der Waals surface area contributed by atoms with Crippen LogP contribution in [0.5, 0.6) is 0 Å². The Morgan fingerprint density at radius 3 is 2.01 bits per heavy atom. The van der Waals surface area contributed by atoms with Gasteiger partial charge in [0.1, 0.15) is 31.0 Å². The van der Waals surface area contributed by atoms with Gasteiger partial charge in [-0.3, -0.25) is 4.79 Å². The van der Waals surface area contributed by atoms with Crippen molar-refractivity contribution in [3.05, 3.63) is 60.3 Å². The fourth-order valence-electron chi connectivity index (χ4n) is 13.4. The Morgan fingerprint density at radius 1 is 0.731 bits per heavy atom. The molecule has 1 aliphatic heterocycles. The molecule has 3 saturated carbocycles. The molecule has 3 N–H and O–H groups in total. The van der Waals surface area contributed by atoms with Crippen LogP contribution in [0.1, 0.15) is 215 Å². The van der Waals surface area contributed by atoms with Crippen LogP contribution in [0, 0.1) is 52.3 Å². The van der Waals surface area contributed by atoms with Gasteiger partial charge >= 0.3 is 5.97 Å². The molecule has 4 fully saturated rings. The minimum atomic E-state index is -1.45. The molecule has 0 aromatic rings. The zero-order valence-electron chi connectivity index (χ0n) is 43.8. The predicted octanol–water partition coefficient (Wildman–Crippen LogP) is 14.5. The molecule has 14 atom stereocenters. The number of fused-ring (bicyclic) bond motifs is 5. The van der Waals surface area contributed by atoms with Crippen LogP contribution in [0.15, 0.2) is 60.3 Å². The van der Waals surface area contributed by atoms with Crippen molar-refractivity contribution < 1.29 is 34.3 Å². The molecule has 0 aromatic carbocycles. The molecule has 0 bridgehead atoms. The van der Waals surface area contributed by atoms with E-state index in [0.29, 0.717) is 17.8 Å². The Hall–Kier alpha value is -2.03. The van der Waals surface area contributed by atoms with E-state index >= 15 is 0 Å². The Balaban J connectivity index is 0.927. The zero-order chi connectivity index (χ0) is 48.2. The highest BCUT2D eigenvalue weighted by Crippen LogP contribution is 2.67. The number of hydrogen-bond acceptors (Lipinski definition) is 7. The lowest BCUT2D eigenvalue weighted by atomic mass is 9.47. The van der Waals surface area contributed by atoms with Gasteiger partial charge in [0.15, 0.2) is 6.29 Å². The number of aliphatic hydroxyl groups excluding tert-OH is 3. The minimum absolute atomic E-state index is 0.146. The summed E-state index contributed by atoms with van der Waals surface area (Å²) in [7, 11) is 0. The highest BCUT2D eigenvalue weighted by atomic mass is 16.7. The molecule has 1 heterocycles. The van der Waals surface area contributed by atoms with E-state index in [2.05, 4.69) is 103 Å². The standard InChI is InChI=1S/C60H100O7/c1-8-9-10-11-12-13-14-15-16-17-18-19-20-21-22-23-24-25-26-27-28-29-30-31-54(61)65-43-53-55(62)56(63)57(64)58(67-53)66-48-38-40-59(6)47(42-48)34-35-49-51-37-36-50(60(51,7)41-39-52(49)59)46(5)33-32-45(4)44(2)3/h9-10,12-13,15-16,18-19,34,44-46,48-53,55-58,62-64H,8,11,14,17,20-33,35-43H2,1-7H3/b10-9-,13-12-,16-15-,19-18-. The highest BCUT2D eigenvalue weighted by Gasteiger charge is 2.59. The van der Waals surface area contributed by atoms with E-state index in [0.717, 1.165) is 106 Å². The largest absolute Gasteiger partial charge is 0.463 e. The summed E-state index contributed by atoms with van der Waals surface area (Å²) in [4.78, 5) is 12.7. The zero-order valence-corrected chi connectivity index (χ0v) is 43.8. The second kappa shape index (κ2) is 28.7. The third-order valence-electron chi connectivity index (χ3n) is 18.2. The third kappa shape index (κ3) is 16.2. The summed E-state index contributed by atoms with van der Waals surface area (Å²) in [5.41, 5.74) is 2.11. The van der Waals surface area contributed by atoms with Gasteiger partial charge in [-0.15, -0.1) is 0 Å². The molecule has 0 spiro atoms. The van der Waals surface area contributed by atoms with Crippen molar-refractivity contribution in [2.75, 3.05) is 6.61 Å². The number of rotatable bonds is 29. The van der Waals surface area contributed by atoms with Gasteiger partial charge in [-0.05, 0) is 149 Å². The maximum absolute atomic E-state index is 12.7. The van der Waals surface area contributed by atoms with Crippen LogP contribution >= 0.6 is 0 Å². The molecule has 382 valence electrons. The van der Waals surface area contributed by atoms with Gasteiger partial charge < -0.3 is 29.5 Å². The van der Waals surface area contributed by atoms with E-state index in [9.17, 15) is 20.1 Å².